The molecule has 1 aromatic rings. The van der Waals surface area contributed by atoms with Crippen LogP contribution in [0.2, 0.25) is 0 Å². The van der Waals surface area contributed by atoms with E-state index in [0.29, 0.717) is 13.1 Å². The first-order chi connectivity index (χ1) is 6.64. The van der Waals surface area contributed by atoms with Crippen LogP contribution in [0.25, 0.3) is 0 Å². The lowest BCUT2D eigenvalue weighted by Crippen LogP contribution is -2.23. The Bertz CT molecular complexity index is 345. The summed E-state index contributed by atoms with van der Waals surface area (Å²) in [5.74, 6) is 0.428. The van der Waals surface area contributed by atoms with Gasteiger partial charge in [0.05, 0.1) is 11.3 Å². The summed E-state index contributed by atoms with van der Waals surface area (Å²) in [5, 5.41) is 3.07. The van der Waals surface area contributed by atoms with Gasteiger partial charge < -0.3 is 5.32 Å². The predicted molar refractivity (Wildman–Crippen MR) is 58.1 cm³/mol. The summed E-state index contributed by atoms with van der Waals surface area (Å²) in [6.07, 6.45) is 1.78. The van der Waals surface area contributed by atoms with E-state index in [-0.39, 0.29) is 11.5 Å². The van der Waals surface area contributed by atoms with E-state index in [4.69, 9.17) is 0 Å². The summed E-state index contributed by atoms with van der Waals surface area (Å²) in [7, 11) is -2.84. The number of hydrogen-bond acceptors (Lipinski definition) is 5. The molecule has 14 heavy (non-hydrogen) atoms. The van der Waals surface area contributed by atoms with Crippen molar-refractivity contribution >= 4 is 21.2 Å². The fourth-order valence-corrected chi connectivity index (χ4v) is 2.22. The highest BCUT2D eigenvalue weighted by atomic mass is 32.2. The summed E-state index contributed by atoms with van der Waals surface area (Å²) >= 11 is 1.56. The standard InChI is InChI=1S/C8H14N2O2S2/c1-2-14(11,12)4-3-9-5-8-6-10-7-13-8/h6-7,9H,2-5H2,1H3. The van der Waals surface area contributed by atoms with Gasteiger partial charge in [-0.3, -0.25) is 4.98 Å². The largest absolute Gasteiger partial charge is 0.311 e. The van der Waals surface area contributed by atoms with Gasteiger partial charge in [-0.05, 0) is 0 Å². The van der Waals surface area contributed by atoms with Crippen LogP contribution in [0.4, 0.5) is 0 Å². The normalized spacial score (nSPS) is 11.8. The lowest BCUT2D eigenvalue weighted by molar-refractivity contribution is 0.592. The van der Waals surface area contributed by atoms with Gasteiger partial charge in [-0.1, -0.05) is 6.92 Å². The highest BCUT2D eigenvalue weighted by Crippen LogP contribution is 2.03. The van der Waals surface area contributed by atoms with Crippen LogP contribution in [-0.2, 0) is 16.4 Å². The monoisotopic (exact) mass is 234 g/mol. The Kier molecular flexibility index (Phi) is 4.50. The third-order valence-electron chi connectivity index (χ3n) is 1.81. The summed E-state index contributed by atoms with van der Waals surface area (Å²) < 4.78 is 22.2. The lowest BCUT2D eigenvalue weighted by atomic mass is 10.5. The van der Waals surface area contributed by atoms with Gasteiger partial charge in [0, 0.05) is 29.9 Å². The second kappa shape index (κ2) is 5.43. The highest BCUT2D eigenvalue weighted by Gasteiger charge is 2.05. The third-order valence-corrected chi connectivity index (χ3v) is 4.30. The maximum atomic E-state index is 11.1. The van der Waals surface area contributed by atoms with Crippen LogP contribution in [0.15, 0.2) is 11.7 Å². The maximum Gasteiger partial charge on any atom is 0.151 e. The van der Waals surface area contributed by atoms with E-state index in [2.05, 4.69) is 10.3 Å². The van der Waals surface area contributed by atoms with Crippen molar-refractivity contribution in [2.24, 2.45) is 0 Å². The van der Waals surface area contributed by atoms with Gasteiger partial charge in [-0.15, -0.1) is 11.3 Å². The van der Waals surface area contributed by atoms with E-state index < -0.39 is 9.84 Å². The third kappa shape index (κ3) is 4.17. The van der Waals surface area contributed by atoms with Crippen LogP contribution >= 0.6 is 11.3 Å². The Balaban J connectivity index is 2.17. The van der Waals surface area contributed by atoms with Crippen LogP contribution in [0.5, 0.6) is 0 Å². The molecule has 0 fully saturated rings. The minimum atomic E-state index is -2.84. The first-order valence-corrected chi connectivity index (χ1v) is 7.12. The van der Waals surface area contributed by atoms with Crippen molar-refractivity contribution < 1.29 is 8.42 Å². The Labute approximate surface area is 88.3 Å². The van der Waals surface area contributed by atoms with Crippen LogP contribution in [-0.4, -0.2) is 31.5 Å². The number of nitrogens with zero attached hydrogens (tertiary/aromatic N) is 1. The fraction of sp³-hybridized carbons (Fsp3) is 0.625. The molecule has 0 aromatic carbocycles. The molecule has 0 saturated carbocycles. The van der Waals surface area contributed by atoms with Gasteiger partial charge in [0.1, 0.15) is 0 Å². The van der Waals surface area contributed by atoms with Gasteiger partial charge >= 0.3 is 0 Å². The molecule has 0 unspecified atom stereocenters. The first kappa shape index (κ1) is 11.6. The lowest BCUT2D eigenvalue weighted by Gasteiger charge is -2.02. The van der Waals surface area contributed by atoms with Crippen LogP contribution in [0, 0.1) is 0 Å². The van der Waals surface area contributed by atoms with E-state index in [9.17, 15) is 8.42 Å². The zero-order valence-corrected chi connectivity index (χ0v) is 9.70. The number of hydrogen-bond donors (Lipinski definition) is 1. The van der Waals surface area contributed by atoms with E-state index in [1.165, 1.54) is 0 Å². The molecule has 4 nitrogen and oxygen atoms in total. The average Bonchev–Trinajstić information content (AvgIpc) is 2.65. The van der Waals surface area contributed by atoms with E-state index in [0.717, 1.165) is 4.88 Å². The molecule has 1 rings (SSSR count). The molecule has 0 spiro atoms. The second-order valence-electron chi connectivity index (χ2n) is 2.88. The Hall–Kier alpha value is -0.460. The van der Waals surface area contributed by atoms with Crippen LogP contribution in [0.1, 0.15) is 11.8 Å². The number of thiazole rings is 1. The molecule has 80 valence electrons. The van der Waals surface area contributed by atoms with E-state index in [1.54, 1.807) is 30.0 Å². The molecule has 0 radical (unpaired) electrons. The first-order valence-electron chi connectivity index (χ1n) is 4.42. The Morgan fingerprint density at radius 1 is 1.57 bits per heavy atom. The van der Waals surface area contributed by atoms with Crippen molar-refractivity contribution in [2.45, 2.75) is 13.5 Å². The number of rotatable bonds is 6. The second-order valence-corrected chi connectivity index (χ2v) is 6.32. The molecule has 1 aromatic heterocycles. The quantitative estimate of drug-likeness (QED) is 0.735. The van der Waals surface area contributed by atoms with Crippen LogP contribution < -0.4 is 5.32 Å². The maximum absolute atomic E-state index is 11.1. The van der Waals surface area contributed by atoms with Crippen molar-refractivity contribution in [3.63, 3.8) is 0 Å². The average molecular weight is 234 g/mol. The molecule has 1 heterocycles. The molecule has 0 aliphatic carbocycles. The van der Waals surface area contributed by atoms with E-state index in [1.807, 2.05) is 0 Å². The highest BCUT2D eigenvalue weighted by molar-refractivity contribution is 7.91. The van der Waals surface area contributed by atoms with E-state index >= 15 is 0 Å². The zero-order chi connectivity index (χ0) is 10.4. The fourth-order valence-electron chi connectivity index (χ4n) is 0.913. The van der Waals surface area contributed by atoms with Crippen molar-refractivity contribution in [3.05, 3.63) is 16.6 Å². The molecule has 0 aliphatic rings. The van der Waals surface area contributed by atoms with Gasteiger partial charge in [-0.25, -0.2) is 8.42 Å². The number of aromatic nitrogens is 1. The topological polar surface area (TPSA) is 59.1 Å². The van der Waals surface area contributed by atoms with Crippen molar-refractivity contribution in [1.29, 1.82) is 0 Å². The molecule has 0 atom stereocenters. The predicted octanol–water partition coefficient (Wildman–Crippen LogP) is 0.667. The van der Waals surface area contributed by atoms with Crippen molar-refractivity contribution in [1.82, 2.24) is 10.3 Å². The van der Waals surface area contributed by atoms with Crippen molar-refractivity contribution in [3.8, 4) is 0 Å². The molecule has 1 N–H and O–H groups in total. The smallest absolute Gasteiger partial charge is 0.151 e. The Morgan fingerprint density at radius 2 is 2.36 bits per heavy atom. The molecular formula is C8H14N2O2S2. The number of sulfone groups is 1. The molecular weight excluding hydrogens is 220 g/mol. The van der Waals surface area contributed by atoms with Crippen LogP contribution in [0.3, 0.4) is 0 Å². The van der Waals surface area contributed by atoms with Gasteiger partial charge in [0.15, 0.2) is 9.84 Å². The zero-order valence-electron chi connectivity index (χ0n) is 8.06. The number of nitrogens with one attached hydrogen (secondary N) is 1. The SMILES string of the molecule is CCS(=O)(=O)CCNCc1cncs1. The minimum Gasteiger partial charge on any atom is -0.311 e. The molecule has 6 heteroatoms. The summed E-state index contributed by atoms with van der Waals surface area (Å²) in [4.78, 5) is 5.05. The van der Waals surface area contributed by atoms with Crippen molar-refractivity contribution in [2.75, 3.05) is 18.1 Å². The molecule has 0 amide bonds. The summed E-state index contributed by atoms with van der Waals surface area (Å²) in [5.41, 5.74) is 1.76. The summed E-state index contributed by atoms with van der Waals surface area (Å²) in [6, 6.07) is 0. The van der Waals surface area contributed by atoms with Gasteiger partial charge in [0.25, 0.3) is 0 Å². The summed E-state index contributed by atoms with van der Waals surface area (Å²) in [6.45, 7) is 2.87. The molecule has 0 bridgehead atoms. The Morgan fingerprint density at radius 3 is 2.93 bits per heavy atom. The molecule has 0 saturated heterocycles. The van der Waals surface area contributed by atoms with Gasteiger partial charge in [-0.2, -0.15) is 0 Å². The minimum absolute atomic E-state index is 0.211. The van der Waals surface area contributed by atoms with Gasteiger partial charge in [0.2, 0.25) is 0 Å². The molecule has 0 aliphatic heterocycles.